The third-order valence-corrected chi connectivity index (χ3v) is 5.54. The van der Waals surface area contributed by atoms with Crippen LogP contribution in [-0.2, 0) is 0 Å². The van der Waals surface area contributed by atoms with Crippen molar-refractivity contribution in [2.75, 3.05) is 29.1 Å². The van der Waals surface area contributed by atoms with Gasteiger partial charge in [-0.15, -0.1) is 0 Å². The van der Waals surface area contributed by atoms with Gasteiger partial charge in [-0.1, -0.05) is 18.2 Å². The molecule has 0 radical (unpaired) electrons. The Morgan fingerprint density at radius 2 is 1.91 bits per heavy atom. The molecule has 4 aromatic rings. The van der Waals surface area contributed by atoms with E-state index in [2.05, 4.69) is 30.9 Å². The van der Waals surface area contributed by atoms with E-state index in [0.717, 1.165) is 22.4 Å². The Kier molecular flexibility index (Phi) is 5.65. The summed E-state index contributed by atoms with van der Waals surface area (Å²) in [4.78, 5) is 36.7. The summed E-state index contributed by atoms with van der Waals surface area (Å²) in [6, 6.07) is 12.8. The lowest BCUT2D eigenvalue weighted by Gasteiger charge is -2.22. The van der Waals surface area contributed by atoms with Gasteiger partial charge in [-0.2, -0.15) is 0 Å². The molecule has 170 valence electrons. The number of amides is 1. The Morgan fingerprint density at radius 1 is 1.06 bits per heavy atom. The van der Waals surface area contributed by atoms with E-state index in [9.17, 15) is 9.59 Å². The Hall–Kier alpha value is -4.66. The second-order valence-electron chi connectivity index (χ2n) is 7.75. The molecular formula is C25H22N6O3. The van der Waals surface area contributed by atoms with Crippen molar-refractivity contribution in [1.29, 1.82) is 0 Å². The molecule has 0 fully saturated rings. The molecule has 9 nitrogen and oxygen atoms in total. The summed E-state index contributed by atoms with van der Waals surface area (Å²) in [5.74, 6) is 0.0106. The first-order chi connectivity index (χ1) is 16.6. The van der Waals surface area contributed by atoms with E-state index in [1.54, 1.807) is 36.8 Å². The van der Waals surface area contributed by atoms with E-state index in [4.69, 9.17) is 4.74 Å². The van der Waals surface area contributed by atoms with Crippen molar-refractivity contribution in [3.8, 4) is 17.0 Å². The lowest BCUT2D eigenvalue weighted by Crippen LogP contribution is -2.25. The number of ether oxygens (including phenoxy) is 1. The van der Waals surface area contributed by atoms with Gasteiger partial charge in [-0.3, -0.25) is 14.6 Å². The minimum Gasteiger partial charge on any atom is -0.474 e. The molecule has 1 aromatic carbocycles. The highest BCUT2D eigenvalue weighted by Gasteiger charge is 2.20. The molecular weight excluding hydrogens is 432 g/mol. The van der Waals surface area contributed by atoms with E-state index in [-0.39, 0.29) is 5.56 Å². The number of hydrogen-bond donors (Lipinski definition) is 4. The summed E-state index contributed by atoms with van der Waals surface area (Å²) in [5.41, 5.74) is 4.69. The van der Waals surface area contributed by atoms with Gasteiger partial charge in [-0.25, -0.2) is 4.98 Å². The molecule has 4 N–H and O–H groups in total. The highest BCUT2D eigenvalue weighted by Crippen LogP contribution is 2.34. The number of nitrogens with zero attached hydrogens (tertiary/aromatic N) is 2. The van der Waals surface area contributed by atoms with Crippen molar-refractivity contribution < 1.29 is 9.53 Å². The first-order valence-corrected chi connectivity index (χ1v) is 10.8. The number of benzene rings is 1. The van der Waals surface area contributed by atoms with Crippen LogP contribution in [0.1, 0.15) is 15.9 Å². The van der Waals surface area contributed by atoms with E-state index in [1.807, 2.05) is 31.2 Å². The van der Waals surface area contributed by atoms with Crippen molar-refractivity contribution >= 4 is 28.7 Å². The molecule has 0 bridgehead atoms. The Bertz CT molecular complexity index is 1400. The number of anilines is 4. The molecule has 0 spiro atoms. The second-order valence-corrected chi connectivity index (χ2v) is 7.75. The molecule has 0 unspecified atom stereocenters. The number of carbonyl (C=O) groups excluding carboxylic acids is 1. The summed E-state index contributed by atoms with van der Waals surface area (Å²) in [5, 5.41) is 9.27. The number of pyridine rings is 3. The van der Waals surface area contributed by atoms with E-state index in [1.165, 1.54) is 6.20 Å². The Labute approximate surface area is 195 Å². The van der Waals surface area contributed by atoms with Crippen LogP contribution in [0, 0.1) is 6.92 Å². The fourth-order valence-electron chi connectivity index (χ4n) is 3.77. The number of aromatic nitrogens is 3. The van der Waals surface area contributed by atoms with Crippen molar-refractivity contribution in [2.24, 2.45) is 0 Å². The van der Waals surface area contributed by atoms with E-state index in [0.29, 0.717) is 36.1 Å². The molecule has 0 atom stereocenters. The van der Waals surface area contributed by atoms with Gasteiger partial charge >= 0.3 is 0 Å². The van der Waals surface area contributed by atoms with Crippen LogP contribution in [0.25, 0.3) is 11.1 Å². The predicted octanol–water partition coefficient (Wildman–Crippen LogP) is 3.94. The lowest BCUT2D eigenvalue weighted by molar-refractivity contribution is 0.102. The fraction of sp³-hybridized carbons (Fsp3) is 0.120. The van der Waals surface area contributed by atoms with Crippen LogP contribution in [0.4, 0.5) is 22.7 Å². The van der Waals surface area contributed by atoms with Crippen LogP contribution in [0.3, 0.4) is 0 Å². The van der Waals surface area contributed by atoms with Gasteiger partial charge in [0.1, 0.15) is 17.9 Å². The molecule has 0 saturated heterocycles. The zero-order valence-electron chi connectivity index (χ0n) is 18.4. The monoisotopic (exact) mass is 454 g/mol. The van der Waals surface area contributed by atoms with Gasteiger partial charge in [0, 0.05) is 36.4 Å². The van der Waals surface area contributed by atoms with Crippen molar-refractivity contribution in [3.05, 3.63) is 88.7 Å². The van der Waals surface area contributed by atoms with Crippen LogP contribution in [0.15, 0.2) is 72.0 Å². The molecule has 0 saturated carbocycles. The summed E-state index contributed by atoms with van der Waals surface area (Å²) in [6.45, 7) is 3.15. The molecule has 0 aliphatic carbocycles. The fourth-order valence-corrected chi connectivity index (χ4v) is 3.77. The van der Waals surface area contributed by atoms with Crippen LogP contribution >= 0.6 is 0 Å². The standard InChI is InChI=1S/C25H22N6O3/c1-15-20(14-29-25-22(15)27-11-12-34-25)31-19-8-10-28-23(32)21(19)24(33)30-18-6-4-16(5-7-18)17-3-2-9-26-13-17/h2-10,13-14,27H,11-12H2,1H3,(H,30,33)(H2,28,31,32). The van der Waals surface area contributed by atoms with Crippen LogP contribution in [-0.4, -0.2) is 34.0 Å². The van der Waals surface area contributed by atoms with Gasteiger partial charge in [0.2, 0.25) is 5.88 Å². The first kappa shape index (κ1) is 21.2. The number of nitrogens with one attached hydrogen (secondary N) is 4. The summed E-state index contributed by atoms with van der Waals surface area (Å²) < 4.78 is 5.57. The Balaban J connectivity index is 1.40. The number of H-pyrrole nitrogens is 1. The molecule has 3 aromatic heterocycles. The normalized spacial score (nSPS) is 12.1. The predicted molar refractivity (Wildman–Crippen MR) is 131 cm³/mol. The third-order valence-electron chi connectivity index (χ3n) is 5.54. The third kappa shape index (κ3) is 4.18. The number of fused-ring (bicyclic) bond motifs is 1. The molecule has 1 aliphatic rings. The molecule has 5 rings (SSSR count). The Morgan fingerprint density at radius 3 is 2.71 bits per heavy atom. The minimum absolute atomic E-state index is 0.0276. The van der Waals surface area contributed by atoms with E-state index < -0.39 is 11.5 Å². The second kappa shape index (κ2) is 9.07. The lowest BCUT2D eigenvalue weighted by atomic mass is 10.1. The molecule has 4 heterocycles. The number of carbonyl (C=O) groups is 1. The van der Waals surface area contributed by atoms with Crippen molar-refractivity contribution in [2.45, 2.75) is 6.92 Å². The largest absolute Gasteiger partial charge is 0.474 e. The van der Waals surface area contributed by atoms with Crippen LogP contribution in [0.2, 0.25) is 0 Å². The summed E-state index contributed by atoms with van der Waals surface area (Å²) in [7, 11) is 0. The van der Waals surface area contributed by atoms with Gasteiger partial charge in [0.25, 0.3) is 11.5 Å². The highest BCUT2D eigenvalue weighted by molar-refractivity contribution is 6.08. The van der Waals surface area contributed by atoms with Gasteiger partial charge < -0.3 is 25.7 Å². The number of hydrogen-bond acceptors (Lipinski definition) is 7. The quantitative estimate of drug-likeness (QED) is 0.360. The maximum atomic E-state index is 13.1. The highest BCUT2D eigenvalue weighted by atomic mass is 16.5. The smallest absolute Gasteiger partial charge is 0.263 e. The average Bonchev–Trinajstić information content (AvgIpc) is 2.87. The summed E-state index contributed by atoms with van der Waals surface area (Å²) >= 11 is 0. The van der Waals surface area contributed by atoms with Crippen LogP contribution < -0.4 is 26.2 Å². The maximum absolute atomic E-state index is 13.1. The first-order valence-electron chi connectivity index (χ1n) is 10.8. The zero-order chi connectivity index (χ0) is 23.5. The van der Waals surface area contributed by atoms with Gasteiger partial charge in [0.15, 0.2) is 0 Å². The van der Waals surface area contributed by atoms with Crippen LogP contribution in [0.5, 0.6) is 5.88 Å². The molecule has 1 aliphatic heterocycles. The van der Waals surface area contributed by atoms with Gasteiger partial charge in [0.05, 0.1) is 17.6 Å². The molecule has 34 heavy (non-hydrogen) atoms. The number of rotatable bonds is 5. The maximum Gasteiger partial charge on any atom is 0.263 e. The van der Waals surface area contributed by atoms with Crippen molar-refractivity contribution in [1.82, 2.24) is 15.0 Å². The zero-order valence-corrected chi connectivity index (χ0v) is 18.4. The van der Waals surface area contributed by atoms with E-state index >= 15 is 0 Å². The minimum atomic E-state index is -0.525. The van der Waals surface area contributed by atoms with Gasteiger partial charge in [-0.05, 0) is 42.3 Å². The average molecular weight is 454 g/mol. The molecule has 9 heteroatoms. The summed E-state index contributed by atoms with van der Waals surface area (Å²) in [6.07, 6.45) is 6.61. The topological polar surface area (TPSA) is 121 Å². The molecule has 1 amide bonds. The SMILES string of the molecule is Cc1c(Nc2cc[nH]c(=O)c2C(=O)Nc2ccc(-c3cccnc3)cc2)cnc2c1NCCO2. The number of aromatic amines is 1. The van der Waals surface area contributed by atoms with Crippen molar-refractivity contribution in [3.63, 3.8) is 0 Å².